The van der Waals surface area contributed by atoms with Crippen LogP contribution in [0.1, 0.15) is 10.6 Å². The molecule has 0 amide bonds. The molecular weight excluding hydrogens is 587 g/mol. The van der Waals surface area contributed by atoms with E-state index >= 15 is 0 Å². The summed E-state index contributed by atoms with van der Waals surface area (Å²) >= 11 is 3.77. The van der Waals surface area contributed by atoms with Crippen molar-refractivity contribution < 1.29 is 0 Å². The SMILES string of the molecule is N#CC(=Cc1cn(-c2ccccc2)nc1-c1cccc2ccccc12)c1nc(-c2ccc(I)cc2)cs1. The number of aromatic nitrogens is 3. The quantitative estimate of drug-likeness (QED) is 0.146. The zero-order chi connectivity index (χ0) is 25.2. The molecule has 0 atom stereocenters. The summed E-state index contributed by atoms with van der Waals surface area (Å²) in [5.41, 5.74) is 6.08. The maximum absolute atomic E-state index is 10.1. The molecule has 0 saturated carbocycles. The normalized spacial score (nSPS) is 11.5. The molecule has 176 valence electrons. The Hall–Kier alpha value is -4.06. The van der Waals surface area contributed by atoms with Crippen molar-refractivity contribution >= 4 is 56.3 Å². The number of rotatable bonds is 5. The molecule has 0 unspecified atom stereocenters. The van der Waals surface area contributed by atoms with Crippen molar-refractivity contribution in [2.75, 3.05) is 0 Å². The second-order valence-corrected chi connectivity index (χ2v) is 10.6. The fourth-order valence-corrected chi connectivity index (χ4v) is 5.45. The molecule has 0 aliphatic heterocycles. The zero-order valence-electron chi connectivity index (χ0n) is 19.5. The van der Waals surface area contributed by atoms with Crippen LogP contribution in [0.25, 0.3) is 50.6 Å². The van der Waals surface area contributed by atoms with Gasteiger partial charge in [0, 0.05) is 31.8 Å². The summed E-state index contributed by atoms with van der Waals surface area (Å²) in [5, 5.41) is 20.1. The Balaban J connectivity index is 1.49. The van der Waals surface area contributed by atoms with Crippen LogP contribution in [-0.4, -0.2) is 14.8 Å². The second kappa shape index (κ2) is 10.1. The topological polar surface area (TPSA) is 54.5 Å². The van der Waals surface area contributed by atoms with Crippen LogP contribution < -0.4 is 0 Å². The highest BCUT2D eigenvalue weighted by atomic mass is 127. The first-order valence-electron chi connectivity index (χ1n) is 11.7. The Morgan fingerprint density at radius 2 is 1.65 bits per heavy atom. The molecular formula is C31H19IN4S. The number of hydrogen-bond acceptors (Lipinski definition) is 4. The van der Waals surface area contributed by atoms with Gasteiger partial charge < -0.3 is 0 Å². The molecule has 4 nitrogen and oxygen atoms in total. The molecule has 2 heterocycles. The Morgan fingerprint density at radius 1 is 0.892 bits per heavy atom. The van der Waals surface area contributed by atoms with E-state index < -0.39 is 0 Å². The molecule has 0 saturated heterocycles. The molecule has 6 heteroatoms. The third-order valence-corrected chi connectivity index (χ3v) is 7.70. The van der Waals surface area contributed by atoms with Crippen LogP contribution >= 0.6 is 33.9 Å². The fourth-order valence-electron chi connectivity index (χ4n) is 4.30. The first-order chi connectivity index (χ1) is 18.2. The largest absolute Gasteiger partial charge is 0.240 e. The lowest BCUT2D eigenvalue weighted by Crippen LogP contribution is -1.94. The molecule has 0 N–H and O–H groups in total. The van der Waals surface area contributed by atoms with Gasteiger partial charge >= 0.3 is 0 Å². The number of hydrogen-bond donors (Lipinski definition) is 0. The van der Waals surface area contributed by atoms with Crippen molar-refractivity contribution in [1.82, 2.24) is 14.8 Å². The monoisotopic (exact) mass is 606 g/mol. The van der Waals surface area contributed by atoms with Gasteiger partial charge in [0.05, 0.1) is 17.0 Å². The fraction of sp³-hybridized carbons (Fsp3) is 0. The molecule has 0 fully saturated rings. The smallest absolute Gasteiger partial charge is 0.134 e. The summed E-state index contributed by atoms with van der Waals surface area (Å²) in [4.78, 5) is 4.79. The highest BCUT2D eigenvalue weighted by molar-refractivity contribution is 14.1. The number of para-hydroxylation sites is 1. The number of nitriles is 1. The van der Waals surface area contributed by atoms with Gasteiger partial charge in [-0.15, -0.1) is 11.3 Å². The van der Waals surface area contributed by atoms with Crippen LogP contribution in [0.15, 0.2) is 109 Å². The third kappa shape index (κ3) is 4.71. The molecule has 37 heavy (non-hydrogen) atoms. The highest BCUT2D eigenvalue weighted by Crippen LogP contribution is 2.34. The molecule has 2 aromatic heterocycles. The van der Waals surface area contributed by atoms with Crippen molar-refractivity contribution in [2.45, 2.75) is 0 Å². The summed E-state index contributed by atoms with van der Waals surface area (Å²) in [6.07, 6.45) is 3.89. The van der Waals surface area contributed by atoms with Gasteiger partial charge in [0.1, 0.15) is 16.8 Å². The minimum atomic E-state index is 0.510. The lowest BCUT2D eigenvalue weighted by atomic mass is 9.99. The van der Waals surface area contributed by atoms with Gasteiger partial charge in [0.2, 0.25) is 0 Å². The molecule has 0 radical (unpaired) electrons. The summed E-state index contributed by atoms with van der Waals surface area (Å²) in [6, 6.07) is 35.1. The van der Waals surface area contributed by atoms with Crippen molar-refractivity contribution in [3.8, 4) is 34.3 Å². The molecule has 6 rings (SSSR count). The number of fused-ring (bicyclic) bond motifs is 1. The van der Waals surface area contributed by atoms with Gasteiger partial charge in [-0.25, -0.2) is 9.67 Å². The Labute approximate surface area is 232 Å². The standard InChI is InChI=1S/C31H19IN4S/c32-25-15-13-22(14-16-25)29-20-37-31(34-29)23(18-33)17-24-19-36(26-9-2-1-3-10-26)35-30(24)28-12-6-8-21-7-4-5-11-27(21)28/h1-17,19-20H. The van der Waals surface area contributed by atoms with Crippen LogP contribution in [0.2, 0.25) is 0 Å². The van der Waals surface area contributed by atoms with E-state index in [0.29, 0.717) is 10.6 Å². The summed E-state index contributed by atoms with van der Waals surface area (Å²) in [7, 11) is 0. The van der Waals surface area contributed by atoms with Crippen LogP contribution in [0.5, 0.6) is 0 Å². The number of nitrogens with zero attached hydrogens (tertiary/aromatic N) is 4. The van der Waals surface area contributed by atoms with E-state index in [-0.39, 0.29) is 0 Å². The summed E-state index contributed by atoms with van der Waals surface area (Å²) in [6.45, 7) is 0. The number of allylic oxidation sites excluding steroid dienone is 1. The van der Waals surface area contributed by atoms with E-state index in [0.717, 1.165) is 44.5 Å². The van der Waals surface area contributed by atoms with E-state index in [2.05, 4.69) is 77.2 Å². The Bertz CT molecular complexity index is 1790. The molecule has 0 aliphatic carbocycles. The lowest BCUT2D eigenvalue weighted by molar-refractivity contribution is 0.884. The maximum atomic E-state index is 10.1. The van der Waals surface area contributed by atoms with Crippen LogP contribution in [0.4, 0.5) is 0 Å². The van der Waals surface area contributed by atoms with Crippen molar-refractivity contribution in [1.29, 1.82) is 5.26 Å². The van der Waals surface area contributed by atoms with Crippen LogP contribution in [-0.2, 0) is 0 Å². The van der Waals surface area contributed by atoms with Gasteiger partial charge in [0.15, 0.2) is 0 Å². The minimum absolute atomic E-state index is 0.510. The number of benzene rings is 4. The summed E-state index contributed by atoms with van der Waals surface area (Å²) in [5.74, 6) is 0. The van der Waals surface area contributed by atoms with Crippen molar-refractivity contribution in [3.63, 3.8) is 0 Å². The van der Waals surface area contributed by atoms with E-state index in [1.807, 2.05) is 70.9 Å². The Kier molecular flexibility index (Phi) is 6.39. The zero-order valence-corrected chi connectivity index (χ0v) is 22.5. The average Bonchev–Trinajstić information content (AvgIpc) is 3.60. The van der Waals surface area contributed by atoms with Gasteiger partial charge in [0.25, 0.3) is 0 Å². The van der Waals surface area contributed by atoms with Gasteiger partial charge in [-0.3, -0.25) is 0 Å². The predicted octanol–water partition coefficient (Wildman–Crippen LogP) is 8.48. The minimum Gasteiger partial charge on any atom is -0.240 e. The summed E-state index contributed by atoms with van der Waals surface area (Å²) < 4.78 is 3.04. The second-order valence-electron chi connectivity index (χ2n) is 8.45. The predicted molar refractivity (Wildman–Crippen MR) is 160 cm³/mol. The van der Waals surface area contributed by atoms with E-state index in [1.165, 1.54) is 14.9 Å². The molecule has 0 aliphatic rings. The van der Waals surface area contributed by atoms with E-state index in [9.17, 15) is 5.26 Å². The molecule has 0 spiro atoms. The highest BCUT2D eigenvalue weighted by Gasteiger charge is 2.16. The van der Waals surface area contributed by atoms with Gasteiger partial charge in [-0.1, -0.05) is 72.8 Å². The van der Waals surface area contributed by atoms with Gasteiger partial charge in [-0.2, -0.15) is 10.4 Å². The first kappa shape index (κ1) is 23.3. The number of thiazole rings is 1. The van der Waals surface area contributed by atoms with E-state index in [4.69, 9.17) is 10.1 Å². The Morgan fingerprint density at radius 3 is 2.46 bits per heavy atom. The maximum Gasteiger partial charge on any atom is 0.134 e. The van der Waals surface area contributed by atoms with Crippen molar-refractivity contribution in [2.24, 2.45) is 0 Å². The molecule has 6 aromatic rings. The average molecular weight is 606 g/mol. The van der Waals surface area contributed by atoms with Gasteiger partial charge in [-0.05, 0) is 63.7 Å². The number of halogens is 1. The van der Waals surface area contributed by atoms with Crippen LogP contribution in [0, 0.1) is 14.9 Å². The van der Waals surface area contributed by atoms with E-state index in [1.54, 1.807) is 0 Å². The van der Waals surface area contributed by atoms with Crippen molar-refractivity contribution in [3.05, 3.63) is 123 Å². The molecule has 0 bridgehead atoms. The third-order valence-electron chi connectivity index (χ3n) is 6.10. The first-order valence-corrected chi connectivity index (χ1v) is 13.6. The molecule has 4 aromatic carbocycles. The lowest BCUT2D eigenvalue weighted by Gasteiger charge is -2.05. The van der Waals surface area contributed by atoms with Crippen LogP contribution in [0.3, 0.4) is 0 Å².